The quantitative estimate of drug-likeness (QED) is 0.619. The topological polar surface area (TPSA) is 129 Å². The predicted molar refractivity (Wildman–Crippen MR) is 122 cm³/mol. The van der Waals surface area contributed by atoms with E-state index in [1.54, 1.807) is 18.2 Å². The monoisotopic (exact) mass is 443 g/mol. The lowest BCUT2D eigenvalue weighted by atomic mass is 10.1. The van der Waals surface area contributed by atoms with Crippen LogP contribution in [-0.4, -0.2) is 41.2 Å². The van der Waals surface area contributed by atoms with Gasteiger partial charge in [-0.05, 0) is 37.8 Å². The van der Waals surface area contributed by atoms with Gasteiger partial charge in [-0.2, -0.15) is 0 Å². The maximum atomic E-state index is 13.2. The van der Waals surface area contributed by atoms with E-state index in [9.17, 15) is 19.2 Å². The van der Waals surface area contributed by atoms with Crippen LogP contribution in [0, 0.1) is 0 Å². The first-order chi connectivity index (χ1) is 15.4. The fraction of sp³-hybridized carbons (Fsp3) is 0.455. The van der Waals surface area contributed by atoms with Crippen LogP contribution in [0.2, 0.25) is 0 Å². The van der Waals surface area contributed by atoms with Crippen molar-refractivity contribution in [2.24, 2.45) is 0 Å². The van der Waals surface area contributed by atoms with Crippen molar-refractivity contribution >= 4 is 29.1 Å². The summed E-state index contributed by atoms with van der Waals surface area (Å²) in [6.07, 6.45) is 3.56. The molecule has 1 aromatic heterocycles. The third-order valence-corrected chi connectivity index (χ3v) is 5.47. The molecule has 172 valence electrons. The number of carbonyl (C=O) groups is 2. The molecule has 1 aromatic carbocycles. The molecule has 0 unspecified atom stereocenters. The molecule has 1 fully saturated rings. The molecule has 0 aliphatic carbocycles. The van der Waals surface area contributed by atoms with E-state index >= 15 is 0 Å². The minimum Gasteiger partial charge on any atom is -0.465 e. The van der Waals surface area contributed by atoms with E-state index in [2.05, 4.69) is 5.32 Å². The zero-order chi connectivity index (χ0) is 23.3. The zero-order valence-corrected chi connectivity index (χ0v) is 18.4. The van der Waals surface area contributed by atoms with Crippen LogP contribution in [0.4, 0.5) is 17.2 Å². The summed E-state index contributed by atoms with van der Waals surface area (Å²) < 4.78 is 6.99. The Morgan fingerprint density at radius 1 is 1.09 bits per heavy atom. The normalized spacial score (nSPS) is 13.6. The summed E-state index contributed by atoms with van der Waals surface area (Å²) in [6.45, 7) is 3.07. The SMILES string of the molecule is CCCn1c(N)c(N2CCCCC2)c(=O)n(CC(=O)Nc2ccccc2C(=O)OC)c1=O. The van der Waals surface area contributed by atoms with Gasteiger partial charge in [0, 0.05) is 19.6 Å². The van der Waals surface area contributed by atoms with Crippen molar-refractivity contribution in [3.8, 4) is 0 Å². The summed E-state index contributed by atoms with van der Waals surface area (Å²) in [6, 6.07) is 6.35. The molecule has 1 aliphatic heterocycles. The molecule has 32 heavy (non-hydrogen) atoms. The smallest absolute Gasteiger partial charge is 0.339 e. The van der Waals surface area contributed by atoms with Gasteiger partial charge in [-0.25, -0.2) is 14.2 Å². The number of nitrogens with zero attached hydrogens (tertiary/aromatic N) is 3. The molecule has 0 saturated carbocycles. The number of para-hydroxylation sites is 1. The molecular formula is C22H29N5O5. The van der Waals surface area contributed by atoms with Gasteiger partial charge in [0.05, 0.1) is 18.4 Å². The van der Waals surface area contributed by atoms with Crippen molar-refractivity contribution in [3.05, 3.63) is 50.7 Å². The number of nitrogen functional groups attached to an aromatic ring is 1. The number of piperidine rings is 1. The van der Waals surface area contributed by atoms with Gasteiger partial charge in [0.1, 0.15) is 18.1 Å². The van der Waals surface area contributed by atoms with Crippen molar-refractivity contribution in [2.45, 2.75) is 45.7 Å². The fourth-order valence-electron chi connectivity index (χ4n) is 3.91. The maximum Gasteiger partial charge on any atom is 0.339 e. The number of esters is 1. The van der Waals surface area contributed by atoms with Gasteiger partial charge in [0.2, 0.25) is 5.91 Å². The van der Waals surface area contributed by atoms with E-state index in [1.807, 2.05) is 11.8 Å². The van der Waals surface area contributed by atoms with E-state index in [1.165, 1.54) is 17.7 Å². The fourth-order valence-corrected chi connectivity index (χ4v) is 3.91. The molecule has 3 rings (SSSR count). The van der Waals surface area contributed by atoms with Crippen molar-refractivity contribution in [1.29, 1.82) is 0 Å². The molecule has 1 amide bonds. The van der Waals surface area contributed by atoms with Crippen LogP contribution in [0.15, 0.2) is 33.9 Å². The molecule has 3 N–H and O–H groups in total. The van der Waals surface area contributed by atoms with Gasteiger partial charge >= 0.3 is 11.7 Å². The van der Waals surface area contributed by atoms with Crippen LogP contribution in [0.1, 0.15) is 43.0 Å². The molecule has 10 nitrogen and oxygen atoms in total. The minimum atomic E-state index is -0.633. The molecular weight excluding hydrogens is 414 g/mol. The number of carbonyl (C=O) groups excluding carboxylic acids is 2. The van der Waals surface area contributed by atoms with Gasteiger partial charge in [-0.1, -0.05) is 19.1 Å². The number of hydrogen-bond acceptors (Lipinski definition) is 7. The van der Waals surface area contributed by atoms with Crippen molar-refractivity contribution < 1.29 is 14.3 Å². The van der Waals surface area contributed by atoms with Crippen LogP contribution in [0.25, 0.3) is 0 Å². The Morgan fingerprint density at radius 3 is 2.44 bits per heavy atom. The minimum absolute atomic E-state index is 0.136. The number of benzene rings is 1. The summed E-state index contributed by atoms with van der Waals surface area (Å²) in [5.41, 5.74) is 5.70. The van der Waals surface area contributed by atoms with E-state index in [-0.39, 0.29) is 22.8 Å². The number of rotatable bonds is 7. The van der Waals surface area contributed by atoms with Crippen molar-refractivity contribution in [3.63, 3.8) is 0 Å². The highest BCUT2D eigenvalue weighted by molar-refractivity contribution is 6.01. The first kappa shape index (κ1) is 23.1. The van der Waals surface area contributed by atoms with Crippen LogP contribution in [0.5, 0.6) is 0 Å². The van der Waals surface area contributed by atoms with Crippen molar-refractivity contribution in [2.75, 3.05) is 36.1 Å². The first-order valence-corrected chi connectivity index (χ1v) is 10.7. The lowest BCUT2D eigenvalue weighted by molar-refractivity contribution is -0.116. The first-order valence-electron chi connectivity index (χ1n) is 10.7. The third-order valence-electron chi connectivity index (χ3n) is 5.47. The number of methoxy groups -OCH3 is 1. The highest BCUT2D eigenvalue weighted by Gasteiger charge is 2.24. The van der Waals surface area contributed by atoms with Gasteiger partial charge in [0.25, 0.3) is 5.56 Å². The Hall–Kier alpha value is -3.56. The number of hydrogen-bond donors (Lipinski definition) is 2. The molecule has 0 atom stereocenters. The Labute approximate surface area is 185 Å². The number of ether oxygens (including phenoxy) is 1. The van der Waals surface area contributed by atoms with Gasteiger partial charge in [-0.3, -0.25) is 14.2 Å². The summed E-state index contributed by atoms with van der Waals surface area (Å²) in [5.74, 6) is -1.09. The average Bonchev–Trinajstić information content (AvgIpc) is 2.80. The number of anilines is 3. The van der Waals surface area contributed by atoms with Crippen LogP contribution < -0.4 is 27.2 Å². The summed E-state index contributed by atoms with van der Waals surface area (Å²) in [5, 5.41) is 2.60. The second-order valence-corrected chi connectivity index (χ2v) is 7.69. The second-order valence-electron chi connectivity index (χ2n) is 7.69. The van der Waals surface area contributed by atoms with Crippen LogP contribution in [0.3, 0.4) is 0 Å². The lowest BCUT2D eigenvalue weighted by Crippen LogP contribution is -2.47. The molecule has 10 heteroatoms. The van der Waals surface area contributed by atoms with Gasteiger partial charge in [0.15, 0.2) is 0 Å². The summed E-state index contributed by atoms with van der Waals surface area (Å²) in [4.78, 5) is 52.9. The number of nitrogens with one attached hydrogen (secondary N) is 1. The maximum absolute atomic E-state index is 13.2. The summed E-state index contributed by atoms with van der Waals surface area (Å²) in [7, 11) is 1.24. The van der Waals surface area contributed by atoms with Gasteiger partial charge in [-0.15, -0.1) is 0 Å². The van der Waals surface area contributed by atoms with E-state index < -0.39 is 29.7 Å². The largest absolute Gasteiger partial charge is 0.465 e. The predicted octanol–water partition coefficient (Wildman–Crippen LogP) is 1.42. The highest BCUT2D eigenvalue weighted by atomic mass is 16.5. The van der Waals surface area contributed by atoms with E-state index in [4.69, 9.17) is 10.5 Å². The molecule has 0 spiro atoms. The molecule has 2 heterocycles. The number of nitrogens with two attached hydrogens (primary N) is 1. The Kier molecular flexibility index (Phi) is 7.34. The number of aromatic nitrogens is 2. The Bertz CT molecular complexity index is 1110. The highest BCUT2D eigenvalue weighted by Crippen LogP contribution is 2.22. The second kappa shape index (κ2) is 10.2. The molecule has 0 bridgehead atoms. The standard InChI is InChI=1S/C22H29N5O5/c1-3-11-26-19(23)18(25-12-7-4-8-13-25)20(29)27(22(26)31)14-17(28)24-16-10-6-5-9-15(16)21(30)32-2/h5-6,9-10H,3-4,7-8,11-14,23H2,1-2H3,(H,24,28). The molecule has 1 aliphatic rings. The van der Waals surface area contributed by atoms with Crippen LogP contribution >= 0.6 is 0 Å². The van der Waals surface area contributed by atoms with Crippen molar-refractivity contribution in [1.82, 2.24) is 9.13 Å². The lowest BCUT2D eigenvalue weighted by Gasteiger charge is -2.30. The molecule has 2 aromatic rings. The Morgan fingerprint density at radius 2 is 1.78 bits per heavy atom. The molecule has 1 saturated heterocycles. The van der Waals surface area contributed by atoms with E-state index in [0.717, 1.165) is 23.8 Å². The van der Waals surface area contributed by atoms with E-state index in [0.29, 0.717) is 26.1 Å². The van der Waals surface area contributed by atoms with Crippen LogP contribution in [-0.2, 0) is 22.6 Å². The third kappa shape index (κ3) is 4.68. The average molecular weight is 444 g/mol. The van der Waals surface area contributed by atoms with Gasteiger partial charge < -0.3 is 20.7 Å². The Balaban J connectivity index is 1.98. The summed E-state index contributed by atoms with van der Waals surface area (Å²) >= 11 is 0. The molecule has 0 radical (unpaired) electrons. The number of amides is 1. The zero-order valence-electron chi connectivity index (χ0n) is 18.4.